The molecule has 1 saturated carbocycles. The molecule has 1 saturated heterocycles. The Kier molecular flexibility index (Phi) is 2.59. The van der Waals surface area contributed by atoms with Crippen LogP contribution in [-0.2, 0) is 16.8 Å². The lowest BCUT2D eigenvalue weighted by Crippen LogP contribution is -2.49. The van der Waals surface area contributed by atoms with Gasteiger partial charge in [-0.25, -0.2) is 0 Å². The number of H-pyrrole nitrogens is 1. The van der Waals surface area contributed by atoms with Crippen LogP contribution in [0.1, 0.15) is 31.0 Å². The Morgan fingerprint density at radius 2 is 2.22 bits per heavy atom. The molecule has 1 aliphatic carbocycles. The Labute approximate surface area is 136 Å². The number of nitrogens with one attached hydrogen (secondary N) is 1. The zero-order chi connectivity index (χ0) is 15.8. The SMILES string of the molecule is CC1CC23c4[nH]c5ccccc5c4CCN2C(=O)CC3[C@@H]1CN. The van der Waals surface area contributed by atoms with Crippen LogP contribution in [0.4, 0.5) is 0 Å². The average Bonchev–Trinajstić information content (AvgIpc) is 3.13. The van der Waals surface area contributed by atoms with Gasteiger partial charge in [-0.1, -0.05) is 25.1 Å². The van der Waals surface area contributed by atoms with E-state index >= 15 is 0 Å². The van der Waals surface area contributed by atoms with Crippen molar-refractivity contribution in [3.05, 3.63) is 35.5 Å². The van der Waals surface area contributed by atoms with E-state index in [1.54, 1.807) is 0 Å². The molecule has 5 rings (SSSR count). The van der Waals surface area contributed by atoms with Crippen LogP contribution >= 0.6 is 0 Å². The normalized spacial score (nSPS) is 35.5. The van der Waals surface area contributed by atoms with Gasteiger partial charge in [0.2, 0.25) is 5.91 Å². The molecule has 0 bridgehead atoms. The molecule has 1 spiro atoms. The third-order valence-electron chi connectivity index (χ3n) is 6.78. The number of aromatic nitrogens is 1. The smallest absolute Gasteiger partial charge is 0.223 e. The Bertz CT molecular complexity index is 810. The Balaban J connectivity index is 1.78. The topological polar surface area (TPSA) is 62.1 Å². The number of para-hydroxylation sites is 1. The summed E-state index contributed by atoms with van der Waals surface area (Å²) in [6.07, 6.45) is 2.67. The zero-order valence-electron chi connectivity index (χ0n) is 13.5. The molecule has 2 aromatic rings. The molecule has 4 heteroatoms. The average molecular weight is 309 g/mol. The van der Waals surface area contributed by atoms with E-state index < -0.39 is 0 Å². The van der Waals surface area contributed by atoms with E-state index in [4.69, 9.17) is 5.73 Å². The second-order valence-electron chi connectivity index (χ2n) is 7.64. The maximum absolute atomic E-state index is 12.7. The number of hydrogen-bond donors (Lipinski definition) is 2. The van der Waals surface area contributed by atoms with Gasteiger partial charge in [-0.3, -0.25) is 4.79 Å². The van der Waals surface area contributed by atoms with Gasteiger partial charge in [0.15, 0.2) is 0 Å². The number of aromatic amines is 1. The molecule has 3 unspecified atom stereocenters. The highest BCUT2D eigenvalue weighted by Crippen LogP contribution is 2.60. The molecule has 1 aromatic heterocycles. The van der Waals surface area contributed by atoms with E-state index in [0.29, 0.717) is 36.6 Å². The second kappa shape index (κ2) is 4.38. The molecule has 1 amide bonds. The maximum Gasteiger partial charge on any atom is 0.223 e. The molecular formula is C19H23N3O. The number of rotatable bonds is 1. The first-order valence-corrected chi connectivity index (χ1v) is 8.77. The van der Waals surface area contributed by atoms with Crippen molar-refractivity contribution in [3.8, 4) is 0 Å². The van der Waals surface area contributed by atoms with E-state index in [-0.39, 0.29) is 5.54 Å². The molecule has 3 heterocycles. The summed E-state index contributed by atoms with van der Waals surface area (Å²) < 4.78 is 0. The predicted molar refractivity (Wildman–Crippen MR) is 89.8 cm³/mol. The van der Waals surface area contributed by atoms with Gasteiger partial charge in [-0.15, -0.1) is 0 Å². The molecule has 2 aliphatic heterocycles. The molecule has 3 aliphatic rings. The number of benzene rings is 1. The van der Waals surface area contributed by atoms with Crippen molar-refractivity contribution < 1.29 is 4.79 Å². The van der Waals surface area contributed by atoms with E-state index in [9.17, 15) is 4.79 Å². The summed E-state index contributed by atoms with van der Waals surface area (Å²) in [5.41, 5.74) is 9.91. The van der Waals surface area contributed by atoms with Crippen molar-refractivity contribution in [1.82, 2.24) is 9.88 Å². The van der Waals surface area contributed by atoms with Crippen molar-refractivity contribution in [2.45, 2.75) is 31.7 Å². The highest BCUT2D eigenvalue weighted by molar-refractivity contribution is 5.88. The lowest BCUT2D eigenvalue weighted by atomic mass is 9.77. The maximum atomic E-state index is 12.7. The van der Waals surface area contributed by atoms with Crippen LogP contribution in [-0.4, -0.2) is 28.9 Å². The Morgan fingerprint density at radius 1 is 1.39 bits per heavy atom. The summed E-state index contributed by atoms with van der Waals surface area (Å²) in [5.74, 6) is 1.70. The number of hydrogen-bond acceptors (Lipinski definition) is 2. The number of amides is 1. The van der Waals surface area contributed by atoms with Crippen LogP contribution in [0.3, 0.4) is 0 Å². The summed E-state index contributed by atoms with van der Waals surface area (Å²) in [6.45, 7) is 3.85. The van der Waals surface area contributed by atoms with Gasteiger partial charge in [0.1, 0.15) is 0 Å². The number of fused-ring (bicyclic) bond motifs is 3. The summed E-state index contributed by atoms with van der Waals surface area (Å²) in [6, 6.07) is 8.55. The van der Waals surface area contributed by atoms with Gasteiger partial charge < -0.3 is 15.6 Å². The van der Waals surface area contributed by atoms with Crippen LogP contribution in [0.15, 0.2) is 24.3 Å². The molecule has 4 atom stereocenters. The van der Waals surface area contributed by atoms with Crippen LogP contribution in [0.2, 0.25) is 0 Å². The van der Waals surface area contributed by atoms with Crippen molar-refractivity contribution in [1.29, 1.82) is 0 Å². The number of carbonyl (C=O) groups excluding carboxylic acids is 1. The predicted octanol–water partition coefficient (Wildman–Crippen LogP) is 2.38. The standard InChI is InChI=1S/C19H23N3O/c1-11-9-19-15(14(11)10-20)8-17(23)22(19)7-6-13-12-4-2-3-5-16(12)21-18(13)19/h2-5,11,14-15,21H,6-10,20H2,1H3/t11?,14-,15?,19?/m1/s1. The summed E-state index contributed by atoms with van der Waals surface area (Å²) in [5, 5.41) is 1.33. The van der Waals surface area contributed by atoms with Crippen LogP contribution in [0, 0.1) is 17.8 Å². The van der Waals surface area contributed by atoms with E-state index in [1.807, 2.05) is 0 Å². The first-order valence-electron chi connectivity index (χ1n) is 8.77. The van der Waals surface area contributed by atoms with Crippen molar-refractivity contribution in [2.24, 2.45) is 23.5 Å². The zero-order valence-corrected chi connectivity index (χ0v) is 13.5. The van der Waals surface area contributed by atoms with Gasteiger partial charge in [0.25, 0.3) is 0 Å². The summed E-state index contributed by atoms with van der Waals surface area (Å²) in [4.78, 5) is 18.6. The second-order valence-corrected chi connectivity index (χ2v) is 7.64. The highest BCUT2D eigenvalue weighted by Gasteiger charge is 2.63. The first kappa shape index (κ1) is 13.6. The number of carbonyl (C=O) groups is 1. The van der Waals surface area contributed by atoms with E-state index in [1.165, 1.54) is 22.2 Å². The van der Waals surface area contributed by atoms with Crippen molar-refractivity contribution in [3.63, 3.8) is 0 Å². The molecule has 120 valence electrons. The molecule has 2 fully saturated rings. The third-order valence-corrected chi connectivity index (χ3v) is 6.78. The molecule has 3 N–H and O–H groups in total. The monoisotopic (exact) mass is 309 g/mol. The Hall–Kier alpha value is -1.81. The lowest BCUT2D eigenvalue weighted by molar-refractivity contribution is -0.132. The minimum Gasteiger partial charge on any atom is -0.356 e. The van der Waals surface area contributed by atoms with Gasteiger partial charge in [-0.2, -0.15) is 0 Å². The van der Waals surface area contributed by atoms with Crippen molar-refractivity contribution in [2.75, 3.05) is 13.1 Å². The largest absolute Gasteiger partial charge is 0.356 e. The highest BCUT2D eigenvalue weighted by atomic mass is 16.2. The fraction of sp³-hybridized carbons (Fsp3) is 0.526. The number of nitrogens with zero attached hydrogens (tertiary/aromatic N) is 1. The van der Waals surface area contributed by atoms with Crippen LogP contribution in [0.25, 0.3) is 10.9 Å². The van der Waals surface area contributed by atoms with E-state index in [2.05, 4.69) is 41.1 Å². The van der Waals surface area contributed by atoms with E-state index in [0.717, 1.165) is 19.4 Å². The molecule has 23 heavy (non-hydrogen) atoms. The van der Waals surface area contributed by atoms with Gasteiger partial charge >= 0.3 is 0 Å². The Morgan fingerprint density at radius 3 is 3.04 bits per heavy atom. The number of nitrogens with two attached hydrogens (primary N) is 1. The fourth-order valence-corrected chi connectivity index (χ4v) is 5.89. The molecule has 1 aromatic carbocycles. The fourth-order valence-electron chi connectivity index (χ4n) is 5.89. The minimum absolute atomic E-state index is 0.132. The third kappa shape index (κ3) is 1.48. The molecule has 0 radical (unpaired) electrons. The van der Waals surface area contributed by atoms with Crippen LogP contribution < -0.4 is 5.73 Å². The quantitative estimate of drug-likeness (QED) is 0.849. The lowest BCUT2D eigenvalue weighted by Gasteiger charge is -2.43. The first-order chi connectivity index (χ1) is 11.2. The summed E-state index contributed by atoms with van der Waals surface area (Å²) in [7, 11) is 0. The molecule has 4 nitrogen and oxygen atoms in total. The summed E-state index contributed by atoms with van der Waals surface area (Å²) >= 11 is 0. The van der Waals surface area contributed by atoms with Gasteiger partial charge in [0, 0.05) is 35.5 Å². The molecular weight excluding hydrogens is 286 g/mol. The van der Waals surface area contributed by atoms with Crippen LogP contribution in [0.5, 0.6) is 0 Å². The van der Waals surface area contributed by atoms with Gasteiger partial charge in [0.05, 0.1) is 5.54 Å². The minimum atomic E-state index is -0.132. The van der Waals surface area contributed by atoms with Gasteiger partial charge in [-0.05, 0) is 42.9 Å². The van der Waals surface area contributed by atoms with Crippen molar-refractivity contribution >= 4 is 16.8 Å².